The van der Waals surface area contributed by atoms with Gasteiger partial charge in [0.05, 0.1) is 29.5 Å². The number of rotatable bonds is 5. The van der Waals surface area contributed by atoms with Crippen LogP contribution in [0.4, 0.5) is 0 Å². The van der Waals surface area contributed by atoms with Crippen LogP contribution in [0.1, 0.15) is 30.6 Å². The quantitative estimate of drug-likeness (QED) is 0.487. The van der Waals surface area contributed by atoms with E-state index in [0.717, 1.165) is 34.6 Å². The van der Waals surface area contributed by atoms with Crippen molar-refractivity contribution in [3.63, 3.8) is 0 Å². The second-order valence-corrected chi connectivity index (χ2v) is 6.64. The zero-order valence-electron chi connectivity index (χ0n) is 15.6. The van der Waals surface area contributed by atoms with Crippen molar-refractivity contribution in [2.45, 2.75) is 26.3 Å². The van der Waals surface area contributed by atoms with Crippen LogP contribution < -0.4 is 0 Å². The monoisotopic (exact) mass is 354 g/mol. The van der Waals surface area contributed by atoms with Gasteiger partial charge in [-0.25, -0.2) is 4.98 Å². The van der Waals surface area contributed by atoms with Crippen LogP contribution in [-0.4, -0.2) is 19.5 Å². The van der Waals surface area contributed by atoms with E-state index in [2.05, 4.69) is 52.6 Å². The number of pyridine rings is 2. The van der Waals surface area contributed by atoms with Crippen molar-refractivity contribution in [1.82, 2.24) is 19.5 Å². The van der Waals surface area contributed by atoms with Crippen LogP contribution in [-0.2, 0) is 0 Å². The fourth-order valence-electron chi connectivity index (χ4n) is 3.48. The summed E-state index contributed by atoms with van der Waals surface area (Å²) in [5, 5.41) is 0. The van der Waals surface area contributed by atoms with Gasteiger partial charge in [-0.1, -0.05) is 37.3 Å². The van der Waals surface area contributed by atoms with E-state index in [1.807, 2.05) is 49.1 Å². The minimum atomic E-state index is 0.116. The van der Waals surface area contributed by atoms with E-state index in [4.69, 9.17) is 4.98 Å². The fraction of sp³-hybridized carbons (Fsp3) is 0.174. The molecule has 1 atom stereocenters. The van der Waals surface area contributed by atoms with Gasteiger partial charge >= 0.3 is 0 Å². The molecular formula is C23H22N4. The molecule has 1 unspecified atom stereocenters. The highest BCUT2D eigenvalue weighted by Gasteiger charge is 2.22. The SMILES string of the molecule is CCC(c1cc(C)ccn1)n1cnc(-c2ccccc2)c1-c1cccnc1. The lowest BCUT2D eigenvalue weighted by molar-refractivity contribution is 0.556. The van der Waals surface area contributed by atoms with Crippen molar-refractivity contribution in [1.29, 1.82) is 0 Å². The summed E-state index contributed by atoms with van der Waals surface area (Å²) in [5.41, 5.74) is 6.46. The van der Waals surface area contributed by atoms with Crippen LogP contribution in [0.2, 0.25) is 0 Å². The van der Waals surface area contributed by atoms with Crippen molar-refractivity contribution in [2.24, 2.45) is 0 Å². The third kappa shape index (κ3) is 3.38. The van der Waals surface area contributed by atoms with Crippen molar-refractivity contribution >= 4 is 0 Å². The lowest BCUT2D eigenvalue weighted by atomic mass is 10.0. The Balaban J connectivity index is 1.92. The molecule has 0 bridgehead atoms. The summed E-state index contributed by atoms with van der Waals surface area (Å²) < 4.78 is 2.24. The van der Waals surface area contributed by atoms with Gasteiger partial charge in [0, 0.05) is 29.7 Å². The zero-order valence-corrected chi connectivity index (χ0v) is 15.6. The van der Waals surface area contributed by atoms with Gasteiger partial charge in [0.25, 0.3) is 0 Å². The van der Waals surface area contributed by atoms with E-state index in [0.29, 0.717) is 0 Å². The molecular weight excluding hydrogens is 332 g/mol. The smallest absolute Gasteiger partial charge is 0.0965 e. The highest BCUT2D eigenvalue weighted by atomic mass is 15.1. The molecule has 0 amide bonds. The van der Waals surface area contributed by atoms with Crippen LogP contribution in [0.5, 0.6) is 0 Å². The predicted molar refractivity (Wildman–Crippen MR) is 108 cm³/mol. The maximum Gasteiger partial charge on any atom is 0.0965 e. The molecule has 4 nitrogen and oxygen atoms in total. The molecule has 0 aliphatic heterocycles. The first kappa shape index (κ1) is 17.2. The van der Waals surface area contributed by atoms with Gasteiger partial charge in [0.2, 0.25) is 0 Å². The molecule has 0 aliphatic carbocycles. The molecule has 0 aliphatic rings. The summed E-state index contributed by atoms with van der Waals surface area (Å²) >= 11 is 0. The molecule has 0 N–H and O–H groups in total. The van der Waals surface area contributed by atoms with Crippen LogP contribution in [0, 0.1) is 6.92 Å². The average molecular weight is 354 g/mol. The fourth-order valence-corrected chi connectivity index (χ4v) is 3.48. The van der Waals surface area contributed by atoms with Crippen molar-refractivity contribution in [3.8, 4) is 22.5 Å². The first-order valence-corrected chi connectivity index (χ1v) is 9.23. The predicted octanol–water partition coefficient (Wildman–Crippen LogP) is 5.31. The molecule has 134 valence electrons. The minimum absolute atomic E-state index is 0.116. The maximum absolute atomic E-state index is 4.79. The third-order valence-electron chi connectivity index (χ3n) is 4.78. The molecule has 0 spiro atoms. The van der Waals surface area contributed by atoms with Gasteiger partial charge in [0.1, 0.15) is 0 Å². The van der Waals surface area contributed by atoms with Gasteiger partial charge in [0.15, 0.2) is 0 Å². The van der Waals surface area contributed by atoms with Crippen LogP contribution >= 0.6 is 0 Å². The molecule has 0 saturated carbocycles. The van der Waals surface area contributed by atoms with E-state index < -0.39 is 0 Å². The van der Waals surface area contributed by atoms with Crippen LogP contribution in [0.3, 0.4) is 0 Å². The van der Waals surface area contributed by atoms with Crippen molar-refractivity contribution < 1.29 is 0 Å². The molecule has 3 heterocycles. The Morgan fingerprint density at radius 1 is 0.926 bits per heavy atom. The Bertz CT molecular complexity index is 1020. The van der Waals surface area contributed by atoms with Gasteiger partial charge in [-0.05, 0) is 43.2 Å². The normalized spacial score (nSPS) is 12.1. The number of imidazole rings is 1. The zero-order chi connectivity index (χ0) is 18.6. The van der Waals surface area contributed by atoms with Gasteiger partial charge in [-0.15, -0.1) is 0 Å². The van der Waals surface area contributed by atoms with Gasteiger partial charge < -0.3 is 4.57 Å². The first-order valence-electron chi connectivity index (χ1n) is 9.23. The Hall–Kier alpha value is -3.27. The van der Waals surface area contributed by atoms with E-state index in [9.17, 15) is 0 Å². The van der Waals surface area contributed by atoms with E-state index >= 15 is 0 Å². The molecule has 3 aromatic heterocycles. The number of aromatic nitrogens is 4. The van der Waals surface area contributed by atoms with Crippen LogP contribution in [0.15, 0.2) is 79.5 Å². The number of nitrogens with zero attached hydrogens (tertiary/aromatic N) is 4. The molecule has 0 radical (unpaired) electrons. The van der Waals surface area contributed by atoms with Crippen LogP contribution in [0.25, 0.3) is 22.5 Å². The van der Waals surface area contributed by atoms with E-state index in [-0.39, 0.29) is 6.04 Å². The highest BCUT2D eigenvalue weighted by Crippen LogP contribution is 2.35. The number of hydrogen-bond acceptors (Lipinski definition) is 3. The second-order valence-electron chi connectivity index (χ2n) is 6.64. The van der Waals surface area contributed by atoms with Crippen molar-refractivity contribution in [3.05, 3.63) is 90.8 Å². The average Bonchev–Trinajstić information content (AvgIpc) is 3.15. The summed E-state index contributed by atoms with van der Waals surface area (Å²) in [6.07, 6.45) is 8.44. The molecule has 0 fully saturated rings. The maximum atomic E-state index is 4.79. The topological polar surface area (TPSA) is 43.6 Å². The Morgan fingerprint density at radius 2 is 1.74 bits per heavy atom. The summed E-state index contributed by atoms with van der Waals surface area (Å²) in [6, 6.07) is 18.7. The molecule has 4 rings (SSSR count). The second kappa shape index (κ2) is 7.54. The highest BCUT2D eigenvalue weighted by molar-refractivity contribution is 5.78. The number of benzene rings is 1. The lowest BCUT2D eigenvalue weighted by Gasteiger charge is -2.20. The molecule has 1 aromatic carbocycles. The summed E-state index contributed by atoms with van der Waals surface area (Å²) in [4.78, 5) is 13.8. The third-order valence-corrected chi connectivity index (χ3v) is 4.78. The number of hydrogen-bond donors (Lipinski definition) is 0. The first-order chi connectivity index (χ1) is 13.3. The van der Waals surface area contributed by atoms with Gasteiger partial charge in [-0.2, -0.15) is 0 Å². The molecule has 4 heteroatoms. The van der Waals surface area contributed by atoms with E-state index in [1.54, 1.807) is 6.20 Å². The summed E-state index contributed by atoms with van der Waals surface area (Å²) in [6.45, 7) is 4.28. The Morgan fingerprint density at radius 3 is 2.44 bits per heavy atom. The van der Waals surface area contributed by atoms with E-state index in [1.165, 1.54) is 5.56 Å². The Kier molecular flexibility index (Phi) is 4.79. The van der Waals surface area contributed by atoms with Crippen molar-refractivity contribution in [2.75, 3.05) is 0 Å². The lowest BCUT2D eigenvalue weighted by Crippen LogP contribution is -2.12. The number of aryl methyl sites for hydroxylation is 1. The molecule has 4 aromatic rings. The standard InChI is InChI=1S/C23H22N4/c1-3-21(20-14-17(2)11-13-25-20)27-16-26-22(18-8-5-4-6-9-18)23(27)19-10-7-12-24-15-19/h4-16,21H,3H2,1-2H3. The van der Waals surface area contributed by atoms with Gasteiger partial charge in [-0.3, -0.25) is 9.97 Å². The summed E-state index contributed by atoms with van der Waals surface area (Å²) in [5.74, 6) is 0. The molecule has 27 heavy (non-hydrogen) atoms. The Labute approximate surface area is 159 Å². The summed E-state index contributed by atoms with van der Waals surface area (Å²) in [7, 11) is 0. The minimum Gasteiger partial charge on any atom is -0.321 e. The molecule has 0 saturated heterocycles. The largest absolute Gasteiger partial charge is 0.321 e.